The van der Waals surface area contributed by atoms with Crippen LogP contribution in [0.4, 0.5) is 0 Å². The minimum absolute atomic E-state index is 0.479. The zero-order chi connectivity index (χ0) is 11.1. The standard InChI is InChI=1S/C12H14O3/c1-12(2)9(11(13)14)7-8-5-3-4-6-10(8)15-12/h3-6,9H,7H2,1-2H3,(H,13,14). The summed E-state index contributed by atoms with van der Waals surface area (Å²) in [7, 11) is 0. The fourth-order valence-corrected chi connectivity index (χ4v) is 1.98. The minimum Gasteiger partial charge on any atom is -0.487 e. The maximum absolute atomic E-state index is 11.1. The molecule has 2 rings (SSSR count). The van der Waals surface area contributed by atoms with E-state index in [1.54, 1.807) is 0 Å². The lowest BCUT2D eigenvalue weighted by Gasteiger charge is -2.37. The van der Waals surface area contributed by atoms with Crippen molar-refractivity contribution in [3.05, 3.63) is 29.8 Å². The molecular weight excluding hydrogens is 192 g/mol. The highest BCUT2D eigenvalue weighted by Gasteiger charge is 2.41. The fraction of sp³-hybridized carbons (Fsp3) is 0.417. The second kappa shape index (κ2) is 3.26. The van der Waals surface area contributed by atoms with Crippen LogP contribution in [0.3, 0.4) is 0 Å². The number of fused-ring (bicyclic) bond motifs is 1. The molecule has 0 aliphatic carbocycles. The molecule has 0 radical (unpaired) electrons. The Kier molecular flexibility index (Phi) is 2.18. The molecule has 1 atom stereocenters. The van der Waals surface area contributed by atoms with Gasteiger partial charge in [0.05, 0.1) is 5.92 Å². The molecule has 3 nitrogen and oxygen atoms in total. The van der Waals surface area contributed by atoms with Gasteiger partial charge < -0.3 is 9.84 Å². The molecule has 0 aromatic heterocycles. The molecule has 1 aromatic carbocycles. The molecular formula is C12H14O3. The lowest BCUT2D eigenvalue weighted by molar-refractivity contribution is -0.149. The average molecular weight is 206 g/mol. The monoisotopic (exact) mass is 206 g/mol. The first-order chi connectivity index (χ1) is 7.00. The lowest BCUT2D eigenvalue weighted by atomic mass is 9.82. The topological polar surface area (TPSA) is 46.5 Å². The van der Waals surface area contributed by atoms with E-state index in [-0.39, 0.29) is 0 Å². The molecule has 0 bridgehead atoms. The van der Waals surface area contributed by atoms with E-state index in [0.29, 0.717) is 6.42 Å². The number of hydrogen-bond acceptors (Lipinski definition) is 2. The van der Waals surface area contributed by atoms with E-state index < -0.39 is 17.5 Å². The van der Waals surface area contributed by atoms with Crippen molar-refractivity contribution in [1.29, 1.82) is 0 Å². The van der Waals surface area contributed by atoms with Gasteiger partial charge in [-0.25, -0.2) is 0 Å². The first kappa shape index (κ1) is 10.0. The number of hydrogen-bond donors (Lipinski definition) is 1. The predicted molar refractivity (Wildman–Crippen MR) is 56.0 cm³/mol. The summed E-state index contributed by atoms with van der Waals surface area (Å²) in [6.07, 6.45) is 0.540. The molecule has 0 fully saturated rings. The fourth-order valence-electron chi connectivity index (χ4n) is 1.98. The van der Waals surface area contributed by atoms with Crippen LogP contribution in [0, 0.1) is 5.92 Å². The third-order valence-electron chi connectivity index (χ3n) is 2.91. The Balaban J connectivity index is 2.40. The zero-order valence-corrected chi connectivity index (χ0v) is 8.86. The second-order valence-corrected chi connectivity index (χ2v) is 4.41. The molecule has 1 N–H and O–H groups in total. The van der Waals surface area contributed by atoms with Gasteiger partial charge in [0.1, 0.15) is 11.4 Å². The van der Waals surface area contributed by atoms with E-state index in [0.717, 1.165) is 11.3 Å². The number of carboxylic acids is 1. The predicted octanol–water partition coefficient (Wildman–Crippen LogP) is 2.10. The molecule has 0 saturated carbocycles. The van der Waals surface area contributed by atoms with E-state index in [9.17, 15) is 4.79 Å². The van der Waals surface area contributed by atoms with E-state index in [2.05, 4.69) is 0 Å². The van der Waals surface area contributed by atoms with Crippen molar-refractivity contribution in [1.82, 2.24) is 0 Å². The van der Waals surface area contributed by atoms with Crippen LogP contribution in [0.1, 0.15) is 19.4 Å². The van der Waals surface area contributed by atoms with Crippen molar-refractivity contribution in [3.8, 4) is 5.75 Å². The number of carbonyl (C=O) groups is 1. The van der Waals surface area contributed by atoms with Gasteiger partial charge in [-0.2, -0.15) is 0 Å². The third-order valence-corrected chi connectivity index (χ3v) is 2.91. The van der Waals surface area contributed by atoms with Crippen LogP contribution in [-0.4, -0.2) is 16.7 Å². The molecule has 0 saturated heterocycles. The van der Waals surface area contributed by atoms with E-state index >= 15 is 0 Å². The van der Waals surface area contributed by atoms with Crippen LogP contribution in [-0.2, 0) is 11.2 Å². The number of para-hydroxylation sites is 1. The van der Waals surface area contributed by atoms with Crippen molar-refractivity contribution in [3.63, 3.8) is 0 Å². The summed E-state index contributed by atoms with van der Waals surface area (Å²) in [6.45, 7) is 3.64. The first-order valence-corrected chi connectivity index (χ1v) is 5.00. The summed E-state index contributed by atoms with van der Waals surface area (Å²) in [5, 5.41) is 9.12. The molecule has 1 aliphatic rings. The Labute approximate surface area is 88.7 Å². The third kappa shape index (κ3) is 1.69. The van der Waals surface area contributed by atoms with Gasteiger partial charge in [0.2, 0.25) is 0 Å². The van der Waals surface area contributed by atoms with Crippen molar-refractivity contribution in [2.24, 2.45) is 5.92 Å². The highest BCUT2D eigenvalue weighted by atomic mass is 16.5. The Hall–Kier alpha value is -1.51. The molecule has 0 spiro atoms. The number of rotatable bonds is 1. The Morgan fingerprint density at radius 3 is 2.80 bits per heavy atom. The van der Waals surface area contributed by atoms with Crippen molar-refractivity contribution in [2.75, 3.05) is 0 Å². The normalized spacial score (nSPS) is 22.7. The minimum atomic E-state index is -0.797. The van der Waals surface area contributed by atoms with Crippen molar-refractivity contribution >= 4 is 5.97 Å². The number of benzene rings is 1. The van der Waals surface area contributed by atoms with Gasteiger partial charge in [-0.1, -0.05) is 18.2 Å². The Morgan fingerprint density at radius 2 is 2.13 bits per heavy atom. The van der Waals surface area contributed by atoms with Gasteiger partial charge in [0, 0.05) is 0 Å². The summed E-state index contributed by atoms with van der Waals surface area (Å²) >= 11 is 0. The van der Waals surface area contributed by atoms with E-state index in [1.807, 2.05) is 38.1 Å². The van der Waals surface area contributed by atoms with Crippen LogP contribution in [0.2, 0.25) is 0 Å². The largest absolute Gasteiger partial charge is 0.487 e. The summed E-state index contributed by atoms with van der Waals surface area (Å²) in [5.74, 6) is -0.470. The van der Waals surface area contributed by atoms with Crippen LogP contribution in [0.15, 0.2) is 24.3 Å². The summed E-state index contributed by atoms with van der Waals surface area (Å²) in [6, 6.07) is 7.60. The highest BCUT2D eigenvalue weighted by Crippen LogP contribution is 2.36. The van der Waals surface area contributed by atoms with Crippen molar-refractivity contribution in [2.45, 2.75) is 25.9 Å². The molecule has 1 aromatic rings. The van der Waals surface area contributed by atoms with Gasteiger partial charge >= 0.3 is 5.97 Å². The maximum atomic E-state index is 11.1. The second-order valence-electron chi connectivity index (χ2n) is 4.41. The summed E-state index contributed by atoms with van der Waals surface area (Å²) in [5.41, 5.74) is 0.337. The van der Waals surface area contributed by atoms with Crippen molar-refractivity contribution < 1.29 is 14.6 Å². The molecule has 3 heteroatoms. The quantitative estimate of drug-likeness (QED) is 0.765. The van der Waals surface area contributed by atoms with Gasteiger partial charge in [0.15, 0.2) is 0 Å². The van der Waals surface area contributed by atoms with E-state index in [1.165, 1.54) is 0 Å². The lowest BCUT2D eigenvalue weighted by Crippen LogP contribution is -2.46. The summed E-state index contributed by atoms with van der Waals surface area (Å²) in [4.78, 5) is 11.1. The molecule has 1 aliphatic heterocycles. The van der Waals surface area contributed by atoms with Gasteiger partial charge in [0.25, 0.3) is 0 Å². The maximum Gasteiger partial charge on any atom is 0.310 e. The highest BCUT2D eigenvalue weighted by molar-refractivity contribution is 5.72. The number of ether oxygens (including phenoxy) is 1. The molecule has 0 amide bonds. The van der Waals surface area contributed by atoms with Crippen LogP contribution < -0.4 is 4.74 Å². The average Bonchev–Trinajstić information content (AvgIpc) is 2.14. The molecule has 1 heterocycles. The van der Waals surface area contributed by atoms with Gasteiger partial charge in [-0.15, -0.1) is 0 Å². The summed E-state index contributed by atoms with van der Waals surface area (Å²) < 4.78 is 5.71. The van der Waals surface area contributed by atoms with E-state index in [4.69, 9.17) is 9.84 Å². The molecule has 15 heavy (non-hydrogen) atoms. The zero-order valence-electron chi connectivity index (χ0n) is 8.86. The number of aliphatic carboxylic acids is 1. The smallest absolute Gasteiger partial charge is 0.310 e. The molecule has 1 unspecified atom stereocenters. The number of carboxylic acid groups (broad SMARTS) is 1. The van der Waals surface area contributed by atoms with Crippen LogP contribution >= 0.6 is 0 Å². The van der Waals surface area contributed by atoms with Crippen LogP contribution in [0.25, 0.3) is 0 Å². The SMILES string of the molecule is CC1(C)Oc2ccccc2CC1C(=O)O. The molecule has 80 valence electrons. The first-order valence-electron chi connectivity index (χ1n) is 5.00. The van der Waals surface area contributed by atoms with Crippen LogP contribution in [0.5, 0.6) is 5.75 Å². The van der Waals surface area contributed by atoms with Gasteiger partial charge in [-0.3, -0.25) is 4.79 Å². The Morgan fingerprint density at radius 1 is 1.47 bits per heavy atom. The van der Waals surface area contributed by atoms with Gasteiger partial charge in [-0.05, 0) is 31.9 Å². The Bertz CT molecular complexity index is 396.